The average molecular weight is 349 g/mol. The van der Waals surface area contributed by atoms with Crippen LogP contribution >= 0.6 is 0 Å². The Hall–Kier alpha value is -3.30. The fourth-order valence-electron chi connectivity index (χ4n) is 2.44. The third kappa shape index (κ3) is 4.41. The summed E-state index contributed by atoms with van der Waals surface area (Å²) in [6.07, 6.45) is 0. The molecule has 4 N–H and O–H groups in total. The number of hydrogen-bond acceptors (Lipinski definition) is 3. The summed E-state index contributed by atoms with van der Waals surface area (Å²) in [5.41, 5.74) is 2.10. The Labute approximate surface area is 150 Å². The molecule has 0 bridgehead atoms. The number of fused-ring (bicyclic) bond motifs is 1. The van der Waals surface area contributed by atoms with Gasteiger partial charge in [0.1, 0.15) is 5.60 Å². The number of aliphatic hydroxyl groups is 1. The van der Waals surface area contributed by atoms with E-state index < -0.39 is 5.60 Å². The molecular formula is C20H19N3O3. The molecule has 1 amide bonds. The summed E-state index contributed by atoms with van der Waals surface area (Å²) < 4.78 is 0. The molecule has 0 radical (unpaired) electrons. The predicted molar refractivity (Wildman–Crippen MR) is 99.7 cm³/mol. The van der Waals surface area contributed by atoms with Crippen molar-refractivity contribution >= 4 is 16.9 Å². The third-order valence-corrected chi connectivity index (χ3v) is 3.67. The lowest BCUT2D eigenvalue weighted by atomic mass is 10.1. The lowest BCUT2D eigenvalue weighted by Crippen LogP contribution is -2.22. The molecule has 0 unspecified atom stereocenters. The Morgan fingerprint density at radius 3 is 2.69 bits per heavy atom. The number of imidazole rings is 1. The molecule has 6 nitrogen and oxygen atoms in total. The first kappa shape index (κ1) is 17.5. The standard InChI is InChI=1S/C20H19N3O3/c1-20(2,26)9-8-13-4-3-5-15(10-13)18(24)21-12-14-6-7-16-17(11-14)23-19(25)22-16/h3-7,10-11,26H,12H2,1-2H3,(H,21,24)(H2,22,23,25). The first-order valence-corrected chi connectivity index (χ1v) is 8.15. The molecule has 0 aliphatic carbocycles. The van der Waals surface area contributed by atoms with Gasteiger partial charge in [0.25, 0.3) is 5.91 Å². The van der Waals surface area contributed by atoms with Gasteiger partial charge in [0.05, 0.1) is 11.0 Å². The molecule has 0 aliphatic rings. The van der Waals surface area contributed by atoms with E-state index >= 15 is 0 Å². The molecule has 26 heavy (non-hydrogen) atoms. The number of H-pyrrole nitrogens is 2. The zero-order chi connectivity index (χ0) is 18.7. The lowest BCUT2D eigenvalue weighted by Gasteiger charge is -2.07. The summed E-state index contributed by atoms with van der Waals surface area (Å²) >= 11 is 0. The minimum atomic E-state index is -1.09. The fourth-order valence-corrected chi connectivity index (χ4v) is 2.44. The average Bonchev–Trinajstić information content (AvgIpc) is 2.96. The number of rotatable bonds is 3. The van der Waals surface area contributed by atoms with Gasteiger partial charge in [-0.15, -0.1) is 0 Å². The van der Waals surface area contributed by atoms with Gasteiger partial charge in [-0.1, -0.05) is 24.0 Å². The van der Waals surface area contributed by atoms with Gasteiger partial charge in [-0.05, 0) is 49.7 Å². The smallest absolute Gasteiger partial charge is 0.323 e. The van der Waals surface area contributed by atoms with Gasteiger partial charge in [-0.2, -0.15) is 0 Å². The molecule has 0 saturated heterocycles. The number of carbonyl (C=O) groups is 1. The number of hydrogen-bond donors (Lipinski definition) is 4. The molecule has 0 atom stereocenters. The van der Waals surface area contributed by atoms with Crippen LogP contribution in [-0.4, -0.2) is 26.6 Å². The van der Waals surface area contributed by atoms with Gasteiger partial charge >= 0.3 is 5.69 Å². The molecule has 3 rings (SSSR count). The van der Waals surface area contributed by atoms with Gasteiger partial charge in [-0.25, -0.2) is 4.79 Å². The van der Waals surface area contributed by atoms with Crippen molar-refractivity contribution in [1.29, 1.82) is 0 Å². The molecule has 1 aromatic heterocycles. The van der Waals surface area contributed by atoms with Crippen molar-refractivity contribution in [3.05, 3.63) is 69.6 Å². The van der Waals surface area contributed by atoms with E-state index in [2.05, 4.69) is 27.1 Å². The molecule has 0 fully saturated rings. The van der Waals surface area contributed by atoms with Gasteiger partial charge < -0.3 is 20.4 Å². The van der Waals surface area contributed by atoms with Crippen molar-refractivity contribution in [2.75, 3.05) is 0 Å². The van der Waals surface area contributed by atoms with Crippen molar-refractivity contribution < 1.29 is 9.90 Å². The number of benzene rings is 2. The van der Waals surface area contributed by atoms with E-state index in [1.807, 2.05) is 12.1 Å². The topological polar surface area (TPSA) is 98.0 Å². The van der Waals surface area contributed by atoms with Crippen molar-refractivity contribution in [2.45, 2.75) is 26.0 Å². The number of nitrogens with one attached hydrogen (secondary N) is 3. The van der Waals surface area contributed by atoms with E-state index in [1.165, 1.54) is 0 Å². The number of aromatic amines is 2. The Bertz CT molecular complexity index is 1080. The first-order valence-electron chi connectivity index (χ1n) is 8.15. The van der Waals surface area contributed by atoms with E-state index in [0.717, 1.165) is 11.1 Å². The van der Waals surface area contributed by atoms with Crippen LogP contribution < -0.4 is 11.0 Å². The van der Waals surface area contributed by atoms with Crippen LogP contribution in [0.4, 0.5) is 0 Å². The van der Waals surface area contributed by atoms with Gasteiger partial charge in [-0.3, -0.25) is 4.79 Å². The maximum Gasteiger partial charge on any atom is 0.323 e. The monoisotopic (exact) mass is 349 g/mol. The second-order valence-corrected chi connectivity index (χ2v) is 6.53. The molecule has 132 valence electrons. The normalized spacial score (nSPS) is 11.0. The van der Waals surface area contributed by atoms with E-state index in [1.54, 1.807) is 44.2 Å². The van der Waals surface area contributed by atoms with Gasteiger partial charge in [0, 0.05) is 17.7 Å². The zero-order valence-electron chi connectivity index (χ0n) is 14.5. The molecular weight excluding hydrogens is 330 g/mol. The molecule has 3 aromatic rings. The van der Waals surface area contributed by atoms with E-state index in [-0.39, 0.29) is 11.6 Å². The summed E-state index contributed by atoms with van der Waals surface area (Å²) in [6, 6.07) is 12.4. The third-order valence-electron chi connectivity index (χ3n) is 3.67. The molecule has 1 heterocycles. The van der Waals surface area contributed by atoms with Crippen LogP contribution in [0, 0.1) is 11.8 Å². The van der Waals surface area contributed by atoms with Crippen molar-refractivity contribution in [2.24, 2.45) is 0 Å². The quantitative estimate of drug-likeness (QED) is 0.544. The van der Waals surface area contributed by atoms with Crippen LogP contribution in [0.5, 0.6) is 0 Å². The molecule has 0 saturated carbocycles. The lowest BCUT2D eigenvalue weighted by molar-refractivity contribution is 0.0951. The van der Waals surface area contributed by atoms with Gasteiger partial charge in [0.2, 0.25) is 0 Å². The van der Waals surface area contributed by atoms with Crippen LogP contribution in [0.15, 0.2) is 47.3 Å². The first-order chi connectivity index (χ1) is 12.3. The van der Waals surface area contributed by atoms with E-state index in [9.17, 15) is 14.7 Å². The van der Waals surface area contributed by atoms with Crippen molar-refractivity contribution in [3.8, 4) is 11.8 Å². The van der Waals surface area contributed by atoms with Crippen LogP contribution in [0.2, 0.25) is 0 Å². The highest BCUT2D eigenvalue weighted by Gasteiger charge is 2.08. The van der Waals surface area contributed by atoms with Crippen LogP contribution in [-0.2, 0) is 6.54 Å². The minimum Gasteiger partial charge on any atom is -0.378 e. The van der Waals surface area contributed by atoms with E-state index in [4.69, 9.17) is 0 Å². The molecule has 6 heteroatoms. The van der Waals surface area contributed by atoms with Gasteiger partial charge in [0.15, 0.2) is 0 Å². The SMILES string of the molecule is CC(C)(O)C#Cc1cccc(C(=O)NCc2ccc3[nH]c(=O)[nH]c3c2)c1. The number of amides is 1. The minimum absolute atomic E-state index is 0.223. The Kier molecular flexibility index (Phi) is 4.65. The van der Waals surface area contributed by atoms with Crippen LogP contribution in [0.1, 0.15) is 35.3 Å². The van der Waals surface area contributed by atoms with Crippen LogP contribution in [0.3, 0.4) is 0 Å². The summed E-state index contributed by atoms with van der Waals surface area (Å²) in [4.78, 5) is 29.0. The largest absolute Gasteiger partial charge is 0.378 e. The Morgan fingerprint density at radius 2 is 1.92 bits per heavy atom. The Morgan fingerprint density at radius 1 is 1.15 bits per heavy atom. The summed E-state index contributed by atoms with van der Waals surface area (Å²) in [6.45, 7) is 3.54. The maximum absolute atomic E-state index is 12.4. The van der Waals surface area contributed by atoms with E-state index in [0.29, 0.717) is 23.2 Å². The number of carbonyl (C=O) groups excluding carboxylic acids is 1. The second kappa shape index (κ2) is 6.90. The fraction of sp³-hybridized carbons (Fsp3) is 0.200. The predicted octanol–water partition coefficient (Wildman–Crippen LogP) is 1.91. The molecule has 0 spiro atoms. The van der Waals surface area contributed by atoms with Crippen molar-refractivity contribution in [1.82, 2.24) is 15.3 Å². The highest BCUT2D eigenvalue weighted by molar-refractivity contribution is 5.94. The Balaban J connectivity index is 1.70. The summed E-state index contributed by atoms with van der Waals surface area (Å²) in [5, 5.41) is 12.5. The summed E-state index contributed by atoms with van der Waals surface area (Å²) in [5.74, 6) is 5.36. The van der Waals surface area contributed by atoms with Crippen molar-refractivity contribution in [3.63, 3.8) is 0 Å². The highest BCUT2D eigenvalue weighted by Crippen LogP contribution is 2.11. The maximum atomic E-state index is 12.4. The zero-order valence-corrected chi connectivity index (χ0v) is 14.5. The second-order valence-electron chi connectivity index (χ2n) is 6.53. The van der Waals surface area contributed by atoms with Crippen LogP contribution in [0.25, 0.3) is 11.0 Å². The number of aromatic nitrogens is 2. The molecule has 2 aromatic carbocycles. The highest BCUT2D eigenvalue weighted by atomic mass is 16.3. The summed E-state index contributed by atoms with van der Waals surface area (Å²) in [7, 11) is 0. The molecule has 0 aliphatic heterocycles.